The van der Waals surface area contributed by atoms with Crippen LogP contribution >= 0.6 is 0 Å². The highest BCUT2D eigenvalue weighted by molar-refractivity contribution is 6.04. The van der Waals surface area contributed by atoms with Crippen LogP contribution in [0.1, 0.15) is 44.6 Å². The number of ether oxygens (including phenoxy) is 3. The first-order chi connectivity index (χ1) is 13.3. The van der Waals surface area contributed by atoms with Gasteiger partial charge in [-0.15, -0.1) is 0 Å². The third-order valence-electron chi connectivity index (χ3n) is 4.23. The topological polar surface area (TPSA) is 94.7 Å². The van der Waals surface area contributed by atoms with Crippen LogP contribution in [0.2, 0.25) is 0 Å². The summed E-state index contributed by atoms with van der Waals surface area (Å²) in [5.74, 6) is -0.0709. The maximum atomic E-state index is 12.3. The molecule has 148 valence electrons. The molecule has 2 aromatic rings. The Morgan fingerprint density at radius 2 is 1.75 bits per heavy atom. The number of ketones is 2. The predicted octanol–water partition coefficient (Wildman–Crippen LogP) is 3.29. The van der Waals surface area contributed by atoms with Crippen molar-refractivity contribution in [2.75, 3.05) is 20.8 Å². The Labute approximate surface area is 163 Å². The molecule has 1 N–H and O–H groups in total. The van der Waals surface area contributed by atoms with Crippen molar-refractivity contribution < 1.29 is 28.6 Å². The molecule has 0 amide bonds. The van der Waals surface area contributed by atoms with Crippen molar-refractivity contribution in [3.05, 3.63) is 52.4 Å². The Hall–Kier alpha value is -3.35. The maximum Gasteiger partial charge on any atom is 0.331 e. The van der Waals surface area contributed by atoms with Gasteiger partial charge >= 0.3 is 5.97 Å². The number of aromatic amines is 1. The zero-order valence-electron chi connectivity index (χ0n) is 16.5. The highest BCUT2D eigenvalue weighted by Crippen LogP contribution is 2.28. The summed E-state index contributed by atoms with van der Waals surface area (Å²) >= 11 is 0. The SMILES string of the molecule is COc1ccc(/C=C/C(=O)OCC(=O)c2[nH]c(C)c(C(C)=O)c2C)cc1OC. The van der Waals surface area contributed by atoms with Crippen LogP contribution in [0.3, 0.4) is 0 Å². The highest BCUT2D eigenvalue weighted by Gasteiger charge is 2.20. The number of H-pyrrole nitrogens is 1. The number of methoxy groups -OCH3 is 2. The number of benzene rings is 1. The number of rotatable bonds is 8. The van der Waals surface area contributed by atoms with Gasteiger partial charge in [0, 0.05) is 17.3 Å². The van der Waals surface area contributed by atoms with E-state index < -0.39 is 18.4 Å². The number of nitrogens with one attached hydrogen (secondary N) is 1. The standard InChI is InChI=1S/C21H23NO6/c1-12-20(14(3)23)13(2)22-21(12)16(24)11-28-19(25)9-7-15-6-8-17(26-4)18(10-15)27-5/h6-10,22H,11H2,1-5H3/b9-7+. The molecular weight excluding hydrogens is 362 g/mol. The van der Waals surface area contributed by atoms with Crippen LogP contribution in [-0.2, 0) is 9.53 Å². The second-order valence-electron chi connectivity index (χ2n) is 6.16. The van der Waals surface area contributed by atoms with Gasteiger partial charge in [0.15, 0.2) is 23.9 Å². The molecule has 0 fully saturated rings. The highest BCUT2D eigenvalue weighted by atomic mass is 16.5. The molecule has 0 spiro atoms. The van der Waals surface area contributed by atoms with Crippen LogP contribution in [0.4, 0.5) is 0 Å². The summed E-state index contributed by atoms with van der Waals surface area (Å²) in [5, 5.41) is 0. The van der Waals surface area contributed by atoms with Crippen molar-refractivity contribution in [1.29, 1.82) is 0 Å². The normalized spacial score (nSPS) is 10.8. The van der Waals surface area contributed by atoms with Crippen molar-refractivity contribution in [1.82, 2.24) is 4.98 Å². The van der Waals surface area contributed by atoms with E-state index in [-0.39, 0.29) is 11.5 Å². The molecule has 0 saturated heterocycles. The van der Waals surface area contributed by atoms with Gasteiger partial charge < -0.3 is 19.2 Å². The smallest absolute Gasteiger partial charge is 0.331 e. The minimum atomic E-state index is -0.657. The van der Waals surface area contributed by atoms with Gasteiger partial charge in [-0.2, -0.15) is 0 Å². The van der Waals surface area contributed by atoms with Gasteiger partial charge in [0.2, 0.25) is 5.78 Å². The number of Topliss-reactive ketones (excluding diaryl/α,β-unsaturated/α-hetero) is 2. The van der Waals surface area contributed by atoms with Crippen LogP contribution in [-0.4, -0.2) is 43.3 Å². The maximum absolute atomic E-state index is 12.3. The summed E-state index contributed by atoms with van der Waals surface area (Å²) in [6.07, 6.45) is 2.77. The zero-order chi connectivity index (χ0) is 20.8. The van der Waals surface area contributed by atoms with Crippen molar-refractivity contribution in [3.63, 3.8) is 0 Å². The summed E-state index contributed by atoms with van der Waals surface area (Å²) in [6.45, 7) is 4.42. The predicted molar refractivity (Wildman–Crippen MR) is 104 cm³/mol. The van der Waals surface area contributed by atoms with E-state index in [9.17, 15) is 14.4 Å². The Bertz CT molecular complexity index is 939. The molecule has 28 heavy (non-hydrogen) atoms. The molecule has 0 aliphatic rings. The largest absolute Gasteiger partial charge is 0.493 e. The molecule has 0 atom stereocenters. The average molecular weight is 385 g/mol. The summed E-state index contributed by atoms with van der Waals surface area (Å²) in [4.78, 5) is 38.8. The van der Waals surface area contributed by atoms with E-state index in [1.165, 1.54) is 27.2 Å². The number of carbonyl (C=O) groups is 3. The molecule has 7 heteroatoms. The van der Waals surface area contributed by atoms with Crippen LogP contribution in [0.5, 0.6) is 11.5 Å². The molecule has 1 heterocycles. The fourth-order valence-corrected chi connectivity index (χ4v) is 2.93. The average Bonchev–Trinajstić information content (AvgIpc) is 2.98. The Balaban J connectivity index is 2.01. The fraction of sp³-hybridized carbons (Fsp3) is 0.286. The van der Waals surface area contributed by atoms with Gasteiger partial charge in [-0.1, -0.05) is 6.07 Å². The molecule has 0 saturated carbocycles. The molecule has 0 aliphatic heterocycles. The van der Waals surface area contributed by atoms with Crippen molar-refractivity contribution >= 4 is 23.6 Å². The lowest BCUT2D eigenvalue weighted by atomic mass is 10.1. The molecule has 0 aliphatic carbocycles. The van der Waals surface area contributed by atoms with Gasteiger partial charge in [-0.05, 0) is 50.1 Å². The first kappa shape index (κ1) is 21.0. The van der Waals surface area contributed by atoms with Crippen molar-refractivity contribution in [2.24, 2.45) is 0 Å². The quantitative estimate of drug-likeness (QED) is 0.426. The number of aryl methyl sites for hydroxylation is 1. The number of carbonyl (C=O) groups excluding carboxylic acids is 3. The van der Waals surface area contributed by atoms with Gasteiger partial charge in [0.05, 0.1) is 19.9 Å². The van der Waals surface area contributed by atoms with Gasteiger partial charge in [-0.25, -0.2) is 4.79 Å². The molecule has 1 aromatic carbocycles. The first-order valence-electron chi connectivity index (χ1n) is 8.58. The second-order valence-corrected chi connectivity index (χ2v) is 6.16. The molecule has 7 nitrogen and oxygen atoms in total. The number of aromatic nitrogens is 1. The monoisotopic (exact) mass is 385 g/mol. The van der Waals surface area contributed by atoms with Crippen LogP contribution < -0.4 is 9.47 Å². The third kappa shape index (κ3) is 4.68. The minimum Gasteiger partial charge on any atom is -0.493 e. The molecule has 0 bridgehead atoms. The van der Waals surface area contributed by atoms with E-state index in [1.54, 1.807) is 38.1 Å². The van der Waals surface area contributed by atoms with Gasteiger partial charge in [-0.3, -0.25) is 9.59 Å². The minimum absolute atomic E-state index is 0.125. The van der Waals surface area contributed by atoms with E-state index in [1.807, 2.05) is 0 Å². The van der Waals surface area contributed by atoms with Gasteiger partial charge in [0.25, 0.3) is 0 Å². The van der Waals surface area contributed by atoms with E-state index in [0.717, 1.165) is 0 Å². The molecule has 1 aromatic heterocycles. The molecule has 0 unspecified atom stereocenters. The lowest BCUT2D eigenvalue weighted by molar-refractivity contribution is -0.136. The lowest BCUT2D eigenvalue weighted by Crippen LogP contribution is -2.14. The summed E-state index contributed by atoms with van der Waals surface area (Å²) in [6, 6.07) is 5.18. The van der Waals surface area contributed by atoms with E-state index in [2.05, 4.69) is 4.98 Å². The summed E-state index contributed by atoms with van der Waals surface area (Å²) < 4.78 is 15.4. The van der Waals surface area contributed by atoms with Gasteiger partial charge in [0.1, 0.15) is 0 Å². The van der Waals surface area contributed by atoms with Crippen molar-refractivity contribution in [3.8, 4) is 11.5 Å². The van der Waals surface area contributed by atoms with E-state index in [4.69, 9.17) is 14.2 Å². The number of hydrogen-bond acceptors (Lipinski definition) is 6. The zero-order valence-corrected chi connectivity index (χ0v) is 16.5. The number of hydrogen-bond donors (Lipinski definition) is 1. The Morgan fingerprint density at radius 3 is 2.32 bits per heavy atom. The third-order valence-corrected chi connectivity index (χ3v) is 4.23. The first-order valence-corrected chi connectivity index (χ1v) is 8.58. The summed E-state index contributed by atoms with van der Waals surface area (Å²) in [5.41, 5.74) is 2.66. The van der Waals surface area contributed by atoms with Crippen molar-refractivity contribution in [2.45, 2.75) is 20.8 Å². The Morgan fingerprint density at radius 1 is 1.07 bits per heavy atom. The summed E-state index contributed by atoms with van der Waals surface area (Å²) in [7, 11) is 3.06. The molecule has 2 rings (SSSR count). The fourth-order valence-electron chi connectivity index (χ4n) is 2.93. The van der Waals surface area contributed by atoms with E-state index in [0.29, 0.717) is 33.9 Å². The molecule has 0 radical (unpaired) electrons. The van der Waals surface area contributed by atoms with Crippen LogP contribution in [0, 0.1) is 13.8 Å². The number of esters is 1. The van der Waals surface area contributed by atoms with Crippen LogP contribution in [0.25, 0.3) is 6.08 Å². The lowest BCUT2D eigenvalue weighted by Gasteiger charge is -2.07. The molecular formula is C21H23NO6. The van der Waals surface area contributed by atoms with E-state index >= 15 is 0 Å². The van der Waals surface area contributed by atoms with Crippen LogP contribution in [0.15, 0.2) is 24.3 Å². The second kappa shape index (κ2) is 9.03. The Kier molecular flexibility index (Phi) is 6.76.